The molecule has 1 fully saturated rings. The van der Waals surface area contributed by atoms with Gasteiger partial charge in [-0.15, -0.1) is 0 Å². The molecule has 6 nitrogen and oxygen atoms in total. The van der Waals surface area contributed by atoms with Crippen LogP contribution in [0, 0.1) is 13.8 Å². The number of anilines is 1. The van der Waals surface area contributed by atoms with E-state index in [1.54, 1.807) is 18.2 Å². The Morgan fingerprint density at radius 3 is 2.22 bits per heavy atom. The van der Waals surface area contributed by atoms with Crippen LogP contribution in [-0.4, -0.2) is 30.2 Å². The number of Topliss-reactive ketones (excluding diaryl/α,β-unsaturated/α-hetero) is 1. The molecular formula is C31H29NO5. The number of imide groups is 1. The number of carbonyl (C=O) groups is 4. The van der Waals surface area contributed by atoms with Crippen LogP contribution in [0.3, 0.4) is 0 Å². The summed E-state index contributed by atoms with van der Waals surface area (Å²) in [5.74, 6) is -1.38. The molecule has 3 aromatic rings. The molecule has 0 spiro atoms. The summed E-state index contributed by atoms with van der Waals surface area (Å²) >= 11 is 0. The minimum absolute atomic E-state index is 0.114. The maximum atomic E-state index is 13.1. The largest absolute Gasteiger partial charge is 0.454 e. The van der Waals surface area contributed by atoms with Crippen LogP contribution in [0.1, 0.15) is 96.1 Å². The molecule has 1 aliphatic carbocycles. The van der Waals surface area contributed by atoms with E-state index in [-0.39, 0.29) is 22.5 Å². The number of aryl methyl sites for hydroxylation is 2. The average Bonchev–Trinajstić information content (AvgIpc) is 3.18. The maximum absolute atomic E-state index is 13.1. The zero-order valence-electron chi connectivity index (χ0n) is 21.1. The Balaban J connectivity index is 1.26. The van der Waals surface area contributed by atoms with E-state index in [1.807, 2.05) is 38.1 Å². The van der Waals surface area contributed by atoms with Crippen LogP contribution >= 0.6 is 0 Å². The maximum Gasteiger partial charge on any atom is 0.338 e. The Hall–Kier alpha value is -4.06. The van der Waals surface area contributed by atoms with E-state index in [0.717, 1.165) is 16.0 Å². The van der Waals surface area contributed by atoms with Crippen molar-refractivity contribution in [3.05, 3.63) is 99.6 Å². The molecule has 0 saturated heterocycles. The fraction of sp³-hybridized carbons (Fsp3) is 0.290. The molecule has 0 N–H and O–H groups in total. The number of hydrogen-bond donors (Lipinski definition) is 0. The second-order valence-corrected chi connectivity index (χ2v) is 9.95. The lowest BCUT2D eigenvalue weighted by molar-refractivity contribution is 0.0474. The average molecular weight is 496 g/mol. The van der Waals surface area contributed by atoms with Crippen LogP contribution in [0.5, 0.6) is 0 Å². The zero-order valence-corrected chi connectivity index (χ0v) is 21.1. The number of nitrogens with zero attached hydrogens (tertiary/aromatic N) is 1. The highest BCUT2D eigenvalue weighted by molar-refractivity contribution is 6.35. The fourth-order valence-electron chi connectivity index (χ4n) is 5.22. The van der Waals surface area contributed by atoms with Gasteiger partial charge in [-0.3, -0.25) is 14.4 Å². The molecular weight excluding hydrogens is 466 g/mol. The first-order chi connectivity index (χ1) is 17.8. The summed E-state index contributed by atoms with van der Waals surface area (Å²) in [6, 6.07) is 17.4. The topological polar surface area (TPSA) is 80.8 Å². The van der Waals surface area contributed by atoms with E-state index < -0.39 is 24.4 Å². The molecule has 0 unspecified atom stereocenters. The van der Waals surface area contributed by atoms with Crippen molar-refractivity contribution >= 4 is 29.3 Å². The number of rotatable bonds is 6. The van der Waals surface area contributed by atoms with Crippen molar-refractivity contribution in [1.29, 1.82) is 0 Å². The summed E-state index contributed by atoms with van der Waals surface area (Å²) in [6.45, 7) is 3.32. The van der Waals surface area contributed by atoms with Gasteiger partial charge in [0.15, 0.2) is 12.4 Å². The monoisotopic (exact) mass is 495 g/mol. The van der Waals surface area contributed by atoms with Crippen molar-refractivity contribution in [2.24, 2.45) is 0 Å². The van der Waals surface area contributed by atoms with Crippen LogP contribution in [0.4, 0.5) is 5.69 Å². The van der Waals surface area contributed by atoms with Crippen LogP contribution in [-0.2, 0) is 4.74 Å². The Labute approximate surface area is 216 Å². The molecule has 1 saturated carbocycles. The summed E-state index contributed by atoms with van der Waals surface area (Å²) < 4.78 is 5.26. The number of hydrogen-bond acceptors (Lipinski definition) is 5. The predicted octanol–water partition coefficient (Wildman–Crippen LogP) is 6.19. The SMILES string of the molecule is Cc1ccc(C)c(N2C(=O)c3ccc(C(=O)OCC(=O)c4ccc(C5CCCCC5)cc4)cc3C2=O)c1. The highest BCUT2D eigenvalue weighted by Gasteiger charge is 2.38. The number of carbonyl (C=O) groups excluding carboxylic acids is 4. The molecule has 188 valence electrons. The molecule has 0 aromatic heterocycles. The van der Waals surface area contributed by atoms with Gasteiger partial charge in [-0.1, -0.05) is 55.7 Å². The van der Waals surface area contributed by atoms with Gasteiger partial charge < -0.3 is 4.74 Å². The number of fused-ring (bicyclic) bond motifs is 1. The van der Waals surface area contributed by atoms with E-state index >= 15 is 0 Å². The van der Waals surface area contributed by atoms with E-state index in [0.29, 0.717) is 17.2 Å². The molecule has 6 heteroatoms. The number of ether oxygens (including phenoxy) is 1. The second kappa shape index (κ2) is 10.1. The first-order valence-corrected chi connectivity index (χ1v) is 12.7. The lowest BCUT2D eigenvalue weighted by Crippen LogP contribution is -2.30. The molecule has 37 heavy (non-hydrogen) atoms. The minimum atomic E-state index is -0.722. The van der Waals surface area contributed by atoms with E-state index in [4.69, 9.17) is 4.74 Å². The Bertz CT molecular complexity index is 1400. The highest BCUT2D eigenvalue weighted by atomic mass is 16.5. The van der Waals surface area contributed by atoms with Crippen molar-refractivity contribution in [3.8, 4) is 0 Å². The van der Waals surface area contributed by atoms with Gasteiger partial charge in [-0.25, -0.2) is 9.69 Å². The molecule has 3 aromatic carbocycles. The third-order valence-corrected chi connectivity index (χ3v) is 7.37. The molecule has 1 aliphatic heterocycles. The van der Waals surface area contributed by atoms with Gasteiger partial charge in [0.2, 0.25) is 0 Å². The van der Waals surface area contributed by atoms with Gasteiger partial charge >= 0.3 is 5.97 Å². The Morgan fingerprint density at radius 2 is 1.49 bits per heavy atom. The number of benzene rings is 3. The fourth-order valence-corrected chi connectivity index (χ4v) is 5.22. The van der Waals surface area contributed by atoms with Crippen molar-refractivity contribution < 1.29 is 23.9 Å². The number of esters is 1. The number of amides is 2. The van der Waals surface area contributed by atoms with Crippen molar-refractivity contribution in [2.45, 2.75) is 51.9 Å². The zero-order chi connectivity index (χ0) is 26.1. The summed E-state index contributed by atoms with van der Waals surface area (Å²) in [7, 11) is 0. The lowest BCUT2D eigenvalue weighted by Gasteiger charge is -2.22. The van der Waals surface area contributed by atoms with Gasteiger partial charge in [-0.05, 0) is 73.6 Å². The van der Waals surface area contributed by atoms with Gasteiger partial charge in [0.1, 0.15) is 0 Å². The van der Waals surface area contributed by atoms with Crippen molar-refractivity contribution in [2.75, 3.05) is 11.5 Å². The van der Waals surface area contributed by atoms with Crippen molar-refractivity contribution in [1.82, 2.24) is 0 Å². The van der Waals surface area contributed by atoms with Crippen LogP contribution < -0.4 is 4.90 Å². The smallest absolute Gasteiger partial charge is 0.338 e. The molecule has 1 heterocycles. The summed E-state index contributed by atoms with van der Waals surface area (Å²) in [5.41, 5.74) is 4.48. The molecule has 5 rings (SSSR count). The van der Waals surface area contributed by atoms with Crippen molar-refractivity contribution in [3.63, 3.8) is 0 Å². The third kappa shape index (κ3) is 4.84. The first-order valence-electron chi connectivity index (χ1n) is 12.7. The lowest BCUT2D eigenvalue weighted by atomic mass is 9.84. The summed E-state index contributed by atoms with van der Waals surface area (Å²) in [6.07, 6.45) is 6.14. The predicted molar refractivity (Wildman–Crippen MR) is 140 cm³/mol. The molecule has 0 radical (unpaired) electrons. The molecule has 2 aliphatic rings. The quantitative estimate of drug-likeness (QED) is 0.231. The molecule has 0 bridgehead atoms. The van der Waals surface area contributed by atoms with E-state index in [1.165, 1.54) is 55.9 Å². The first kappa shape index (κ1) is 24.6. The minimum Gasteiger partial charge on any atom is -0.454 e. The van der Waals surface area contributed by atoms with Gasteiger partial charge in [0.05, 0.1) is 22.4 Å². The van der Waals surface area contributed by atoms with Crippen LogP contribution in [0.15, 0.2) is 60.7 Å². The Morgan fingerprint density at radius 1 is 0.811 bits per heavy atom. The summed E-state index contributed by atoms with van der Waals surface area (Å²) in [4.78, 5) is 52.6. The van der Waals surface area contributed by atoms with E-state index in [2.05, 4.69) is 0 Å². The summed E-state index contributed by atoms with van der Waals surface area (Å²) in [5, 5.41) is 0. The number of ketones is 1. The standard InChI is InChI=1S/C31H29NO5/c1-19-8-9-20(2)27(16-19)32-29(34)25-15-14-24(17-26(25)30(32)35)31(36)37-18-28(33)23-12-10-22(11-13-23)21-6-4-3-5-7-21/h8-17,21H,3-7,18H2,1-2H3. The van der Waals surface area contributed by atoms with Gasteiger partial charge in [0, 0.05) is 5.56 Å². The van der Waals surface area contributed by atoms with Crippen LogP contribution in [0.2, 0.25) is 0 Å². The molecule has 0 atom stereocenters. The molecule has 2 amide bonds. The second-order valence-electron chi connectivity index (χ2n) is 9.95. The highest BCUT2D eigenvalue weighted by Crippen LogP contribution is 2.33. The van der Waals surface area contributed by atoms with Gasteiger partial charge in [0.25, 0.3) is 11.8 Å². The van der Waals surface area contributed by atoms with Crippen LogP contribution in [0.25, 0.3) is 0 Å². The third-order valence-electron chi connectivity index (χ3n) is 7.37. The Kier molecular flexibility index (Phi) is 6.74. The normalized spacial score (nSPS) is 15.6. The van der Waals surface area contributed by atoms with Gasteiger partial charge in [-0.2, -0.15) is 0 Å². The van der Waals surface area contributed by atoms with E-state index in [9.17, 15) is 19.2 Å².